The maximum atomic E-state index is 6.08. The number of fused-ring (bicyclic) bond motifs is 1. The van der Waals surface area contributed by atoms with Gasteiger partial charge in [-0.15, -0.1) is 0 Å². The molecule has 92 valence electrons. The van der Waals surface area contributed by atoms with Crippen molar-refractivity contribution in [2.24, 2.45) is 0 Å². The number of likely N-dealkylation sites (N-methyl/N-ethyl adjacent to an activating group) is 1. The van der Waals surface area contributed by atoms with Crippen molar-refractivity contribution in [2.75, 3.05) is 32.0 Å². The third-order valence-electron chi connectivity index (χ3n) is 3.67. The molecule has 0 saturated carbocycles. The van der Waals surface area contributed by atoms with E-state index in [1.807, 2.05) is 0 Å². The van der Waals surface area contributed by atoms with E-state index in [4.69, 9.17) is 4.74 Å². The molecule has 1 unspecified atom stereocenters. The smallest absolute Gasteiger partial charge is 0.120 e. The largest absolute Gasteiger partial charge is 0.489 e. The molecule has 3 rings (SSSR count). The predicted octanol–water partition coefficient (Wildman–Crippen LogP) is 2.13. The highest BCUT2D eigenvalue weighted by Gasteiger charge is 2.19. The lowest BCUT2D eigenvalue weighted by Gasteiger charge is -2.30. The van der Waals surface area contributed by atoms with E-state index < -0.39 is 0 Å². The van der Waals surface area contributed by atoms with Gasteiger partial charge in [-0.3, -0.25) is 0 Å². The Balaban J connectivity index is 1.68. The van der Waals surface area contributed by atoms with Gasteiger partial charge in [0.2, 0.25) is 0 Å². The van der Waals surface area contributed by atoms with E-state index in [9.17, 15) is 0 Å². The molecule has 2 heterocycles. The van der Waals surface area contributed by atoms with Gasteiger partial charge in [0.05, 0.1) is 0 Å². The molecule has 1 aromatic rings. The lowest BCUT2D eigenvalue weighted by molar-refractivity contribution is 0.104. The highest BCUT2D eigenvalue weighted by atomic mass is 16.5. The Hall–Kier alpha value is -1.22. The van der Waals surface area contributed by atoms with Crippen LogP contribution in [0.1, 0.15) is 18.4 Å². The molecule has 0 bridgehead atoms. The molecule has 0 aliphatic carbocycles. The minimum atomic E-state index is 0.362. The van der Waals surface area contributed by atoms with Crippen LogP contribution in [0.5, 0.6) is 5.75 Å². The average Bonchev–Trinajstić information content (AvgIpc) is 2.76. The first-order chi connectivity index (χ1) is 8.31. The topological polar surface area (TPSA) is 24.5 Å². The number of hydrogen-bond acceptors (Lipinski definition) is 3. The molecule has 0 spiro atoms. The number of nitrogens with zero attached hydrogens (tertiary/aromatic N) is 1. The van der Waals surface area contributed by atoms with Crippen LogP contribution in [-0.4, -0.2) is 37.7 Å². The molecule has 1 aromatic carbocycles. The van der Waals surface area contributed by atoms with Gasteiger partial charge in [-0.2, -0.15) is 0 Å². The number of rotatable bonds is 2. The third kappa shape index (κ3) is 2.39. The van der Waals surface area contributed by atoms with Gasteiger partial charge in [0, 0.05) is 18.8 Å². The molecule has 3 heteroatoms. The van der Waals surface area contributed by atoms with Crippen LogP contribution in [-0.2, 0) is 6.42 Å². The highest BCUT2D eigenvalue weighted by Crippen LogP contribution is 2.27. The normalized spacial score (nSPS) is 24.2. The van der Waals surface area contributed by atoms with Crippen LogP contribution in [0.3, 0.4) is 0 Å². The van der Waals surface area contributed by atoms with Gasteiger partial charge in [0.25, 0.3) is 0 Å². The molecule has 1 N–H and O–H groups in total. The summed E-state index contributed by atoms with van der Waals surface area (Å²) in [4.78, 5) is 2.35. The van der Waals surface area contributed by atoms with Crippen LogP contribution < -0.4 is 10.1 Å². The molecule has 1 atom stereocenters. The number of hydrogen-bond donors (Lipinski definition) is 1. The molecule has 0 radical (unpaired) electrons. The lowest BCUT2D eigenvalue weighted by atomic mass is 10.1. The van der Waals surface area contributed by atoms with Crippen molar-refractivity contribution >= 4 is 5.69 Å². The molecular weight excluding hydrogens is 212 g/mol. The van der Waals surface area contributed by atoms with Gasteiger partial charge in [-0.05, 0) is 56.6 Å². The summed E-state index contributed by atoms with van der Waals surface area (Å²) >= 11 is 0. The fraction of sp³-hybridized carbons (Fsp3) is 0.571. The van der Waals surface area contributed by atoms with E-state index in [0.717, 1.165) is 25.3 Å². The van der Waals surface area contributed by atoms with E-state index in [1.54, 1.807) is 0 Å². The third-order valence-corrected chi connectivity index (χ3v) is 3.67. The number of anilines is 1. The number of nitrogens with one attached hydrogen (secondary N) is 1. The van der Waals surface area contributed by atoms with Crippen LogP contribution in [0, 0.1) is 0 Å². The van der Waals surface area contributed by atoms with Gasteiger partial charge < -0.3 is 15.0 Å². The van der Waals surface area contributed by atoms with Gasteiger partial charge in [0.1, 0.15) is 11.9 Å². The first-order valence-corrected chi connectivity index (χ1v) is 6.53. The number of ether oxygens (including phenoxy) is 1. The van der Waals surface area contributed by atoms with E-state index in [2.05, 4.69) is 35.5 Å². The van der Waals surface area contributed by atoms with Crippen LogP contribution in [0.15, 0.2) is 18.2 Å². The Morgan fingerprint density at radius 1 is 1.41 bits per heavy atom. The standard InChI is InChI=1S/C14H20N2O/c1-16-8-2-3-13(10-16)17-12-4-5-14-11(9-12)6-7-15-14/h4-5,9,13,15H,2-3,6-8,10H2,1H3. The SMILES string of the molecule is CN1CCCC(Oc2ccc3c(c2)CCN3)C1. The zero-order valence-corrected chi connectivity index (χ0v) is 10.4. The maximum absolute atomic E-state index is 6.08. The number of piperidine rings is 1. The van der Waals surface area contributed by atoms with E-state index in [1.165, 1.54) is 30.6 Å². The zero-order chi connectivity index (χ0) is 11.7. The van der Waals surface area contributed by atoms with Crippen molar-refractivity contribution in [1.29, 1.82) is 0 Å². The highest BCUT2D eigenvalue weighted by molar-refractivity contribution is 5.57. The van der Waals surface area contributed by atoms with Crippen molar-refractivity contribution in [1.82, 2.24) is 4.90 Å². The summed E-state index contributed by atoms with van der Waals surface area (Å²) in [6.07, 6.45) is 3.91. The predicted molar refractivity (Wildman–Crippen MR) is 69.8 cm³/mol. The Bertz CT molecular complexity index is 405. The second-order valence-corrected chi connectivity index (χ2v) is 5.14. The second kappa shape index (κ2) is 4.57. The zero-order valence-electron chi connectivity index (χ0n) is 10.4. The van der Waals surface area contributed by atoms with Gasteiger partial charge in [0.15, 0.2) is 0 Å². The summed E-state index contributed by atoms with van der Waals surface area (Å²) in [5, 5.41) is 3.37. The Morgan fingerprint density at radius 2 is 2.35 bits per heavy atom. The summed E-state index contributed by atoms with van der Waals surface area (Å²) in [5.74, 6) is 1.03. The Labute approximate surface area is 103 Å². The minimum absolute atomic E-state index is 0.362. The van der Waals surface area contributed by atoms with Gasteiger partial charge in [-0.1, -0.05) is 0 Å². The summed E-state index contributed by atoms with van der Waals surface area (Å²) < 4.78 is 6.08. The van der Waals surface area contributed by atoms with Crippen molar-refractivity contribution in [3.8, 4) is 5.75 Å². The summed E-state index contributed by atoms with van der Waals surface area (Å²) in [5.41, 5.74) is 2.67. The van der Waals surface area contributed by atoms with E-state index in [0.29, 0.717) is 6.10 Å². The van der Waals surface area contributed by atoms with Crippen molar-refractivity contribution in [2.45, 2.75) is 25.4 Å². The van der Waals surface area contributed by atoms with Crippen molar-refractivity contribution in [3.05, 3.63) is 23.8 Å². The molecule has 2 aliphatic rings. The fourth-order valence-electron chi connectivity index (χ4n) is 2.76. The Kier molecular flexibility index (Phi) is 2.93. The first kappa shape index (κ1) is 10.9. The molecule has 17 heavy (non-hydrogen) atoms. The summed E-state index contributed by atoms with van der Waals surface area (Å²) in [6.45, 7) is 3.31. The molecule has 2 aliphatic heterocycles. The quantitative estimate of drug-likeness (QED) is 0.845. The average molecular weight is 232 g/mol. The molecule has 0 amide bonds. The number of likely N-dealkylation sites (tertiary alicyclic amines) is 1. The van der Waals surface area contributed by atoms with Crippen molar-refractivity contribution < 1.29 is 4.74 Å². The van der Waals surface area contributed by atoms with E-state index >= 15 is 0 Å². The summed E-state index contributed by atoms with van der Waals surface area (Å²) in [7, 11) is 2.17. The molecule has 1 fully saturated rings. The Morgan fingerprint density at radius 3 is 3.24 bits per heavy atom. The monoisotopic (exact) mass is 232 g/mol. The van der Waals surface area contributed by atoms with Crippen LogP contribution in [0.25, 0.3) is 0 Å². The van der Waals surface area contributed by atoms with Crippen LogP contribution in [0.4, 0.5) is 5.69 Å². The molecule has 0 aromatic heterocycles. The molecular formula is C14H20N2O. The second-order valence-electron chi connectivity index (χ2n) is 5.14. The maximum Gasteiger partial charge on any atom is 0.120 e. The first-order valence-electron chi connectivity index (χ1n) is 6.53. The van der Waals surface area contributed by atoms with E-state index in [-0.39, 0.29) is 0 Å². The van der Waals surface area contributed by atoms with Gasteiger partial charge in [-0.25, -0.2) is 0 Å². The van der Waals surface area contributed by atoms with Crippen LogP contribution >= 0.6 is 0 Å². The van der Waals surface area contributed by atoms with Gasteiger partial charge >= 0.3 is 0 Å². The molecule has 1 saturated heterocycles. The minimum Gasteiger partial charge on any atom is -0.489 e. The van der Waals surface area contributed by atoms with Crippen LogP contribution in [0.2, 0.25) is 0 Å². The van der Waals surface area contributed by atoms with Crippen molar-refractivity contribution in [3.63, 3.8) is 0 Å². The summed E-state index contributed by atoms with van der Waals surface area (Å²) in [6, 6.07) is 6.43. The lowest BCUT2D eigenvalue weighted by Crippen LogP contribution is -2.38. The fourth-order valence-corrected chi connectivity index (χ4v) is 2.76. The molecule has 3 nitrogen and oxygen atoms in total. The number of benzene rings is 1.